The van der Waals surface area contributed by atoms with E-state index in [4.69, 9.17) is 0 Å². The fourth-order valence-corrected chi connectivity index (χ4v) is 4.49. The minimum absolute atomic E-state index is 0.156. The average Bonchev–Trinajstić information content (AvgIpc) is 2.91. The number of hydrogen-bond donors (Lipinski definition) is 1. The zero-order valence-electron chi connectivity index (χ0n) is 11.9. The Morgan fingerprint density at radius 1 is 1.30 bits per heavy atom. The number of anilines is 1. The molecule has 2 aliphatic rings. The lowest BCUT2D eigenvalue weighted by molar-refractivity contribution is 0.340. The summed E-state index contributed by atoms with van der Waals surface area (Å²) in [6, 6.07) is 7.94. The summed E-state index contributed by atoms with van der Waals surface area (Å²) in [6.45, 7) is 4.68. The summed E-state index contributed by atoms with van der Waals surface area (Å²) in [5.41, 5.74) is 0.880. The molecule has 3 rings (SSSR count). The van der Waals surface area contributed by atoms with Crippen LogP contribution in [0.4, 0.5) is 5.69 Å². The van der Waals surface area contributed by atoms with Gasteiger partial charge in [0.2, 0.25) is 0 Å². The quantitative estimate of drug-likeness (QED) is 0.921. The van der Waals surface area contributed by atoms with Crippen LogP contribution in [0.3, 0.4) is 0 Å². The van der Waals surface area contributed by atoms with Gasteiger partial charge < -0.3 is 10.2 Å². The highest BCUT2D eigenvalue weighted by Gasteiger charge is 2.35. The van der Waals surface area contributed by atoms with Gasteiger partial charge in [0.1, 0.15) is 0 Å². The van der Waals surface area contributed by atoms with Crippen molar-refractivity contribution in [1.29, 1.82) is 0 Å². The maximum absolute atomic E-state index is 12.3. The lowest BCUT2D eigenvalue weighted by Crippen LogP contribution is -2.40. The molecule has 0 amide bonds. The summed E-state index contributed by atoms with van der Waals surface area (Å²) in [6.07, 6.45) is 2.47. The van der Waals surface area contributed by atoms with Gasteiger partial charge in [0.15, 0.2) is 9.84 Å². The van der Waals surface area contributed by atoms with E-state index in [1.54, 1.807) is 13.0 Å². The van der Waals surface area contributed by atoms with Crippen LogP contribution in [0, 0.1) is 5.92 Å². The Morgan fingerprint density at radius 2 is 2.10 bits per heavy atom. The maximum Gasteiger partial charge on any atom is 0.180 e. The number of hydrogen-bond acceptors (Lipinski definition) is 4. The fraction of sp³-hybridized carbons (Fsp3) is 0.600. The van der Waals surface area contributed by atoms with Gasteiger partial charge in [0.25, 0.3) is 0 Å². The molecule has 0 aromatic heterocycles. The van der Waals surface area contributed by atoms with Crippen molar-refractivity contribution in [2.45, 2.75) is 30.7 Å². The Labute approximate surface area is 121 Å². The second-order valence-electron chi connectivity index (χ2n) is 5.74. The lowest BCUT2D eigenvalue weighted by Gasteiger charge is -2.24. The predicted octanol–water partition coefficient (Wildman–Crippen LogP) is 1.67. The Hall–Kier alpha value is -1.07. The molecule has 0 aliphatic carbocycles. The summed E-state index contributed by atoms with van der Waals surface area (Å²) in [7, 11) is -3.16. The standard InChI is InChI=1S/C15H22N2O2S/c1-2-20(18,19)15-8-4-3-7-14(15)17-10-12-6-5-9-16-13(12)11-17/h3-4,7-8,12-13,16H,2,5-6,9-11H2,1H3. The molecule has 0 saturated carbocycles. The van der Waals surface area contributed by atoms with E-state index in [2.05, 4.69) is 10.2 Å². The van der Waals surface area contributed by atoms with Gasteiger partial charge >= 0.3 is 0 Å². The molecule has 1 aromatic rings. The molecule has 5 heteroatoms. The van der Waals surface area contributed by atoms with Crippen LogP contribution in [-0.4, -0.2) is 39.8 Å². The number of benzene rings is 1. The van der Waals surface area contributed by atoms with Gasteiger partial charge in [-0.15, -0.1) is 0 Å². The van der Waals surface area contributed by atoms with Crippen molar-refractivity contribution in [2.75, 3.05) is 30.3 Å². The highest BCUT2D eigenvalue weighted by atomic mass is 32.2. The topological polar surface area (TPSA) is 49.4 Å². The number of fused-ring (bicyclic) bond motifs is 1. The molecule has 110 valence electrons. The van der Waals surface area contributed by atoms with Crippen molar-refractivity contribution in [3.8, 4) is 0 Å². The summed E-state index contributed by atoms with van der Waals surface area (Å²) < 4.78 is 24.5. The summed E-state index contributed by atoms with van der Waals surface area (Å²) >= 11 is 0. The first-order valence-corrected chi connectivity index (χ1v) is 9.07. The first kappa shape index (κ1) is 13.9. The molecule has 0 spiro atoms. The zero-order chi connectivity index (χ0) is 14.2. The van der Waals surface area contributed by atoms with Gasteiger partial charge in [0, 0.05) is 19.1 Å². The van der Waals surface area contributed by atoms with Crippen LogP contribution in [0.15, 0.2) is 29.2 Å². The SMILES string of the molecule is CCS(=O)(=O)c1ccccc1N1CC2CCCNC2C1. The first-order valence-electron chi connectivity index (χ1n) is 7.42. The van der Waals surface area contributed by atoms with Crippen LogP contribution >= 0.6 is 0 Å². The van der Waals surface area contributed by atoms with Gasteiger partial charge in [-0.3, -0.25) is 0 Å². The van der Waals surface area contributed by atoms with E-state index in [0.717, 1.165) is 25.3 Å². The number of nitrogens with zero attached hydrogens (tertiary/aromatic N) is 1. The first-order chi connectivity index (χ1) is 9.62. The molecule has 2 aliphatic heterocycles. The van der Waals surface area contributed by atoms with Crippen LogP contribution in [0.1, 0.15) is 19.8 Å². The third-order valence-electron chi connectivity index (χ3n) is 4.52. The van der Waals surface area contributed by atoms with Crippen LogP contribution in [-0.2, 0) is 9.84 Å². The van der Waals surface area contributed by atoms with Crippen molar-refractivity contribution < 1.29 is 8.42 Å². The number of piperidine rings is 1. The van der Waals surface area contributed by atoms with Gasteiger partial charge in [-0.25, -0.2) is 8.42 Å². The van der Waals surface area contributed by atoms with Crippen molar-refractivity contribution >= 4 is 15.5 Å². The van der Waals surface area contributed by atoms with E-state index in [9.17, 15) is 8.42 Å². The average molecular weight is 294 g/mol. The minimum atomic E-state index is -3.16. The fourth-order valence-electron chi connectivity index (χ4n) is 3.38. The van der Waals surface area contributed by atoms with Gasteiger partial charge in [-0.1, -0.05) is 19.1 Å². The number of para-hydroxylation sites is 1. The highest BCUT2D eigenvalue weighted by Crippen LogP contribution is 2.33. The number of rotatable bonds is 3. The predicted molar refractivity (Wildman–Crippen MR) is 80.9 cm³/mol. The van der Waals surface area contributed by atoms with E-state index in [1.165, 1.54) is 12.8 Å². The molecule has 2 atom stereocenters. The second kappa shape index (κ2) is 5.37. The van der Waals surface area contributed by atoms with Crippen molar-refractivity contribution in [2.24, 2.45) is 5.92 Å². The molecule has 2 fully saturated rings. The molecule has 0 bridgehead atoms. The molecule has 1 N–H and O–H groups in total. The third-order valence-corrected chi connectivity index (χ3v) is 6.30. The normalized spacial score (nSPS) is 26.6. The molecule has 1 aromatic carbocycles. The smallest absolute Gasteiger partial charge is 0.180 e. The van der Waals surface area contributed by atoms with Gasteiger partial charge in [0.05, 0.1) is 16.3 Å². The summed E-state index contributed by atoms with van der Waals surface area (Å²) in [4.78, 5) is 2.73. The molecule has 2 unspecified atom stereocenters. The van der Waals surface area contributed by atoms with Gasteiger partial charge in [-0.05, 0) is 37.4 Å². The van der Waals surface area contributed by atoms with E-state index in [0.29, 0.717) is 16.9 Å². The zero-order valence-corrected chi connectivity index (χ0v) is 12.7. The Kier molecular flexibility index (Phi) is 3.73. The lowest BCUT2D eigenvalue weighted by atomic mass is 9.94. The van der Waals surface area contributed by atoms with E-state index < -0.39 is 9.84 Å². The van der Waals surface area contributed by atoms with Crippen molar-refractivity contribution in [1.82, 2.24) is 5.32 Å². The molecule has 2 heterocycles. The maximum atomic E-state index is 12.3. The largest absolute Gasteiger partial charge is 0.369 e. The molecule has 2 saturated heterocycles. The Morgan fingerprint density at radius 3 is 2.85 bits per heavy atom. The third kappa shape index (κ3) is 2.44. The molecule has 20 heavy (non-hydrogen) atoms. The summed E-state index contributed by atoms with van der Waals surface area (Å²) in [5, 5.41) is 3.56. The Balaban J connectivity index is 1.92. The monoisotopic (exact) mass is 294 g/mol. The van der Waals surface area contributed by atoms with Crippen molar-refractivity contribution in [3.63, 3.8) is 0 Å². The van der Waals surface area contributed by atoms with E-state index >= 15 is 0 Å². The highest BCUT2D eigenvalue weighted by molar-refractivity contribution is 7.91. The summed E-state index contributed by atoms with van der Waals surface area (Å²) in [5.74, 6) is 0.810. The second-order valence-corrected chi connectivity index (χ2v) is 7.99. The van der Waals surface area contributed by atoms with Crippen molar-refractivity contribution in [3.05, 3.63) is 24.3 Å². The number of nitrogens with one attached hydrogen (secondary N) is 1. The minimum Gasteiger partial charge on any atom is -0.369 e. The molecular formula is C15H22N2O2S. The van der Waals surface area contributed by atoms with E-state index in [-0.39, 0.29) is 5.75 Å². The number of sulfone groups is 1. The van der Waals surface area contributed by atoms with Crippen LogP contribution < -0.4 is 10.2 Å². The van der Waals surface area contributed by atoms with Crippen LogP contribution in [0.5, 0.6) is 0 Å². The van der Waals surface area contributed by atoms with Crippen LogP contribution in [0.25, 0.3) is 0 Å². The Bertz CT molecular complexity index is 571. The molecule has 0 radical (unpaired) electrons. The van der Waals surface area contributed by atoms with Gasteiger partial charge in [-0.2, -0.15) is 0 Å². The molecular weight excluding hydrogens is 272 g/mol. The molecule has 4 nitrogen and oxygen atoms in total. The van der Waals surface area contributed by atoms with Crippen LogP contribution in [0.2, 0.25) is 0 Å². The van der Waals surface area contributed by atoms with E-state index in [1.807, 2.05) is 18.2 Å².